The summed E-state index contributed by atoms with van der Waals surface area (Å²) in [7, 11) is 4.89. The molecule has 0 aliphatic heterocycles. The Morgan fingerprint density at radius 3 is 2.47 bits per heavy atom. The molecule has 0 spiro atoms. The maximum absolute atomic E-state index is 6.10. The van der Waals surface area contributed by atoms with E-state index in [1.54, 1.807) is 21.3 Å². The van der Waals surface area contributed by atoms with Crippen LogP contribution in [0.1, 0.15) is 18.0 Å². The van der Waals surface area contributed by atoms with Crippen molar-refractivity contribution in [3.05, 3.63) is 22.2 Å². The van der Waals surface area contributed by atoms with Crippen LogP contribution in [0.25, 0.3) is 0 Å². The molecule has 0 bridgehead atoms. The molecule has 2 N–H and O–H groups in total. The van der Waals surface area contributed by atoms with Crippen LogP contribution < -0.4 is 15.2 Å². The lowest BCUT2D eigenvalue weighted by atomic mass is 10.0. The molecule has 0 heterocycles. The van der Waals surface area contributed by atoms with Gasteiger partial charge in [-0.15, -0.1) is 0 Å². The third kappa shape index (κ3) is 3.34. The van der Waals surface area contributed by atoms with E-state index in [1.165, 1.54) is 0 Å². The maximum atomic E-state index is 6.10. The Labute approximate surface area is 110 Å². The van der Waals surface area contributed by atoms with Crippen molar-refractivity contribution in [2.24, 2.45) is 5.73 Å². The summed E-state index contributed by atoms with van der Waals surface area (Å²) in [4.78, 5) is 0. The average Bonchev–Trinajstić information content (AvgIpc) is 2.35. The van der Waals surface area contributed by atoms with Crippen LogP contribution in [0.15, 0.2) is 16.6 Å². The van der Waals surface area contributed by atoms with E-state index < -0.39 is 0 Å². The molecule has 1 aromatic rings. The Morgan fingerprint density at radius 1 is 1.24 bits per heavy atom. The normalized spacial score (nSPS) is 12.3. The number of ether oxygens (including phenoxy) is 3. The summed E-state index contributed by atoms with van der Waals surface area (Å²) in [5.41, 5.74) is 7.04. The number of rotatable bonds is 6. The molecule has 0 saturated carbocycles. The van der Waals surface area contributed by atoms with Gasteiger partial charge in [0, 0.05) is 25.3 Å². The van der Waals surface area contributed by atoms with Crippen LogP contribution in [-0.4, -0.2) is 27.9 Å². The highest BCUT2D eigenvalue weighted by Gasteiger charge is 2.17. The minimum atomic E-state index is -0.118. The molecular weight excluding hydrogens is 286 g/mol. The highest BCUT2D eigenvalue weighted by molar-refractivity contribution is 9.10. The lowest BCUT2D eigenvalue weighted by Crippen LogP contribution is -2.14. The van der Waals surface area contributed by atoms with Crippen molar-refractivity contribution in [2.75, 3.05) is 27.9 Å². The number of nitrogens with two attached hydrogens (primary N) is 1. The Morgan fingerprint density at radius 2 is 1.94 bits per heavy atom. The second-order valence-corrected chi connectivity index (χ2v) is 4.39. The maximum Gasteiger partial charge on any atom is 0.141 e. The van der Waals surface area contributed by atoms with Gasteiger partial charge >= 0.3 is 0 Å². The monoisotopic (exact) mass is 303 g/mol. The minimum Gasteiger partial charge on any atom is -0.495 e. The van der Waals surface area contributed by atoms with E-state index in [9.17, 15) is 0 Å². The van der Waals surface area contributed by atoms with E-state index >= 15 is 0 Å². The minimum absolute atomic E-state index is 0.118. The van der Waals surface area contributed by atoms with Gasteiger partial charge in [0.2, 0.25) is 0 Å². The van der Waals surface area contributed by atoms with Crippen LogP contribution in [0.2, 0.25) is 0 Å². The second kappa shape index (κ2) is 6.83. The summed E-state index contributed by atoms with van der Waals surface area (Å²) in [6.45, 7) is 0.619. The SMILES string of the molecule is COCCC(N)c1ccc(OC)c(Br)c1OC. The molecule has 96 valence electrons. The molecule has 5 heteroatoms. The fourth-order valence-electron chi connectivity index (χ4n) is 1.61. The highest BCUT2D eigenvalue weighted by atomic mass is 79.9. The first-order valence-electron chi connectivity index (χ1n) is 5.30. The molecule has 17 heavy (non-hydrogen) atoms. The molecule has 0 radical (unpaired) electrons. The Balaban J connectivity index is 3.03. The number of hydrogen-bond acceptors (Lipinski definition) is 4. The summed E-state index contributed by atoms with van der Waals surface area (Å²) in [6, 6.07) is 3.67. The van der Waals surface area contributed by atoms with Crippen LogP contribution in [0.4, 0.5) is 0 Å². The van der Waals surface area contributed by atoms with Crippen molar-refractivity contribution in [1.82, 2.24) is 0 Å². The van der Waals surface area contributed by atoms with E-state index in [2.05, 4.69) is 15.9 Å². The number of halogens is 1. The third-order valence-corrected chi connectivity index (χ3v) is 3.30. The van der Waals surface area contributed by atoms with Crippen molar-refractivity contribution < 1.29 is 14.2 Å². The summed E-state index contributed by atoms with van der Waals surface area (Å²) in [5, 5.41) is 0. The Hall–Kier alpha value is -0.780. The third-order valence-electron chi connectivity index (χ3n) is 2.55. The molecular formula is C12H18BrNO3. The van der Waals surface area contributed by atoms with E-state index in [0.717, 1.165) is 22.2 Å². The Kier molecular flexibility index (Phi) is 5.74. The van der Waals surface area contributed by atoms with Gasteiger partial charge < -0.3 is 19.9 Å². The van der Waals surface area contributed by atoms with E-state index in [0.29, 0.717) is 12.4 Å². The summed E-state index contributed by atoms with van der Waals surface area (Å²) in [5.74, 6) is 1.44. The fourth-order valence-corrected chi connectivity index (χ4v) is 2.30. The van der Waals surface area contributed by atoms with Gasteiger partial charge in [-0.2, -0.15) is 0 Å². The highest BCUT2D eigenvalue weighted by Crippen LogP contribution is 2.39. The van der Waals surface area contributed by atoms with Crippen LogP contribution in [0.5, 0.6) is 11.5 Å². The van der Waals surface area contributed by atoms with Crippen molar-refractivity contribution >= 4 is 15.9 Å². The summed E-state index contributed by atoms with van der Waals surface area (Å²) >= 11 is 3.45. The predicted molar refractivity (Wildman–Crippen MR) is 70.7 cm³/mol. The van der Waals surface area contributed by atoms with Gasteiger partial charge in [0.05, 0.1) is 14.2 Å². The van der Waals surface area contributed by atoms with Crippen molar-refractivity contribution in [2.45, 2.75) is 12.5 Å². The van der Waals surface area contributed by atoms with E-state index in [4.69, 9.17) is 19.9 Å². The molecule has 1 atom stereocenters. The molecule has 1 unspecified atom stereocenters. The van der Waals surface area contributed by atoms with Gasteiger partial charge in [-0.1, -0.05) is 0 Å². The van der Waals surface area contributed by atoms with Crippen LogP contribution in [0.3, 0.4) is 0 Å². The van der Waals surface area contributed by atoms with Gasteiger partial charge in [-0.05, 0) is 34.5 Å². The first kappa shape index (κ1) is 14.3. The summed E-state index contributed by atoms with van der Waals surface area (Å²) in [6.07, 6.45) is 0.742. The van der Waals surface area contributed by atoms with Gasteiger partial charge in [0.1, 0.15) is 16.0 Å². The van der Waals surface area contributed by atoms with E-state index in [-0.39, 0.29) is 6.04 Å². The fraction of sp³-hybridized carbons (Fsp3) is 0.500. The lowest BCUT2D eigenvalue weighted by molar-refractivity contribution is 0.187. The molecule has 0 saturated heterocycles. The number of methoxy groups -OCH3 is 3. The van der Waals surface area contributed by atoms with Crippen LogP contribution in [0, 0.1) is 0 Å². The zero-order chi connectivity index (χ0) is 12.8. The van der Waals surface area contributed by atoms with Crippen molar-refractivity contribution in [3.63, 3.8) is 0 Å². The number of benzene rings is 1. The van der Waals surface area contributed by atoms with Gasteiger partial charge in [-0.25, -0.2) is 0 Å². The molecule has 1 rings (SSSR count). The number of hydrogen-bond donors (Lipinski definition) is 1. The lowest BCUT2D eigenvalue weighted by Gasteiger charge is -2.18. The Bertz CT molecular complexity index is 371. The van der Waals surface area contributed by atoms with Crippen molar-refractivity contribution in [3.8, 4) is 11.5 Å². The van der Waals surface area contributed by atoms with Gasteiger partial charge in [0.25, 0.3) is 0 Å². The molecule has 4 nitrogen and oxygen atoms in total. The topological polar surface area (TPSA) is 53.7 Å². The molecule has 1 aromatic carbocycles. The van der Waals surface area contributed by atoms with Crippen LogP contribution in [-0.2, 0) is 4.74 Å². The molecule has 0 fully saturated rings. The first-order valence-corrected chi connectivity index (χ1v) is 6.09. The molecule has 0 aromatic heterocycles. The quantitative estimate of drug-likeness (QED) is 0.877. The van der Waals surface area contributed by atoms with Gasteiger partial charge in [-0.3, -0.25) is 0 Å². The molecule has 0 amide bonds. The standard InChI is InChI=1S/C12H18BrNO3/c1-15-7-6-9(14)8-4-5-10(16-2)11(13)12(8)17-3/h4-5,9H,6-7,14H2,1-3H3. The smallest absolute Gasteiger partial charge is 0.141 e. The first-order chi connectivity index (χ1) is 8.15. The largest absolute Gasteiger partial charge is 0.495 e. The van der Waals surface area contributed by atoms with Crippen molar-refractivity contribution in [1.29, 1.82) is 0 Å². The van der Waals surface area contributed by atoms with E-state index in [1.807, 2.05) is 12.1 Å². The second-order valence-electron chi connectivity index (χ2n) is 3.59. The zero-order valence-corrected chi connectivity index (χ0v) is 11.9. The average molecular weight is 304 g/mol. The molecule has 0 aliphatic carbocycles. The van der Waals surface area contributed by atoms with Gasteiger partial charge in [0.15, 0.2) is 0 Å². The van der Waals surface area contributed by atoms with Crippen LogP contribution >= 0.6 is 15.9 Å². The predicted octanol–water partition coefficient (Wildman–Crippen LogP) is 2.50. The summed E-state index contributed by atoms with van der Waals surface area (Å²) < 4.78 is 16.4. The zero-order valence-electron chi connectivity index (χ0n) is 10.3. The molecule has 0 aliphatic rings.